The molecule has 1 heterocycles. The molecule has 1 aromatic carbocycles. The van der Waals surface area contributed by atoms with Crippen LogP contribution in [0.4, 0.5) is 5.69 Å². The van der Waals surface area contributed by atoms with Crippen molar-refractivity contribution in [3.63, 3.8) is 0 Å². The number of hydrogen-bond donors (Lipinski definition) is 1. The monoisotopic (exact) mass is 423 g/mol. The predicted molar refractivity (Wildman–Crippen MR) is 85.7 cm³/mol. The van der Waals surface area contributed by atoms with E-state index in [1.54, 1.807) is 31.4 Å². The van der Waals surface area contributed by atoms with Crippen molar-refractivity contribution in [2.24, 2.45) is 0 Å². The number of amides is 1. The van der Waals surface area contributed by atoms with E-state index in [1.807, 2.05) is 0 Å². The molecule has 7 heteroatoms. The van der Waals surface area contributed by atoms with Crippen LogP contribution in [0.15, 0.2) is 32.5 Å². The first-order chi connectivity index (χ1) is 9.01. The lowest BCUT2D eigenvalue weighted by Gasteiger charge is -2.08. The summed E-state index contributed by atoms with van der Waals surface area (Å²) in [4.78, 5) is 12.7. The average molecular weight is 426 g/mol. The predicted octanol–water partition coefficient (Wildman–Crippen LogP) is 5.19. The Morgan fingerprint density at radius 3 is 2.68 bits per heavy atom. The van der Waals surface area contributed by atoms with E-state index in [4.69, 9.17) is 16.3 Å². The molecule has 1 amide bonds. The van der Waals surface area contributed by atoms with Gasteiger partial charge in [-0.1, -0.05) is 11.6 Å². The van der Waals surface area contributed by atoms with E-state index in [0.29, 0.717) is 21.3 Å². The Kier molecular flexibility index (Phi) is 4.89. The molecule has 0 saturated heterocycles. The molecule has 100 valence electrons. The highest BCUT2D eigenvalue weighted by Crippen LogP contribution is 2.33. The first-order valence-corrected chi connectivity index (χ1v) is 7.89. The lowest BCUT2D eigenvalue weighted by molar-refractivity contribution is 0.103. The van der Waals surface area contributed by atoms with Gasteiger partial charge >= 0.3 is 0 Å². The third-order valence-electron chi connectivity index (χ3n) is 2.29. The van der Waals surface area contributed by atoms with Gasteiger partial charge in [0.15, 0.2) is 0 Å². The molecule has 0 atom stereocenters. The van der Waals surface area contributed by atoms with Crippen LogP contribution in [-0.2, 0) is 0 Å². The summed E-state index contributed by atoms with van der Waals surface area (Å²) in [5, 5.41) is 3.22. The van der Waals surface area contributed by atoms with Gasteiger partial charge in [0.25, 0.3) is 5.91 Å². The Labute approximate surface area is 136 Å². The summed E-state index contributed by atoms with van der Waals surface area (Å²) >= 11 is 14.1. The first-order valence-electron chi connectivity index (χ1n) is 5.11. The fourth-order valence-corrected chi connectivity index (χ4v) is 3.47. The second-order valence-electron chi connectivity index (χ2n) is 3.53. The van der Waals surface area contributed by atoms with Crippen molar-refractivity contribution in [2.45, 2.75) is 0 Å². The molecule has 3 nitrogen and oxygen atoms in total. The Hall–Kier alpha value is -0.560. The maximum Gasteiger partial charge on any atom is 0.265 e. The van der Waals surface area contributed by atoms with E-state index < -0.39 is 0 Å². The van der Waals surface area contributed by atoms with Crippen molar-refractivity contribution in [2.75, 3.05) is 12.4 Å². The number of hydrogen-bond acceptors (Lipinski definition) is 3. The third kappa shape index (κ3) is 3.51. The average Bonchev–Trinajstić information content (AvgIpc) is 2.72. The van der Waals surface area contributed by atoms with Gasteiger partial charge in [0.1, 0.15) is 5.75 Å². The van der Waals surface area contributed by atoms with E-state index in [1.165, 1.54) is 11.3 Å². The van der Waals surface area contributed by atoms with Crippen molar-refractivity contribution in [3.05, 3.63) is 42.4 Å². The van der Waals surface area contributed by atoms with Gasteiger partial charge in [-0.3, -0.25) is 4.79 Å². The molecule has 0 aliphatic rings. The maximum absolute atomic E-state index is 12.1. The van der Waals surface area contributed by atoms with Gasteiger partial charge < -0.3 is 10.1 Å². The second-order valence-corrected chi connectivity index (χ2v) is 7.16. The van der Waals surface area contributed by atoms with Gasteiger partial charge in [-0.2, -0.15) is 0 Å². The number of ether oxygens (including phenoxy) is 1. The molecule has 0 saturated carbocycles. The molecule has 19 heavy (non-hydrogen) atoms. The minimum atomic E-state index is -0.216. The fourth-order valence-electron chi connectivity index (χ4n) is 1.37. The summed E-state index contributed by atoms with van der Waals surface area (Å²) in [6, 6.07) is 6.84. The quantitative estimate of drug-likeness (QED) is 0.735. The molecular weight excluding hydrogens is 417 g/mol. The summed E-state index contributed by atoms with van der Waals surface area (Å²) in [7, 11) is 1.56. The molecule has 0 bridgehead atoms. The van der Waals surface area contributed by atoms with Crippen LogP contribution in [0.5, 0.6) is 5.75 Å². The number of carbonyl (C=O) groups excluding carboxylic acids is 1. The van der Waals surface area contributed by atoms with Crippen molar-refractivity contribution >= 4 is 66.4 Å². The molecule has 1 N–H and O–H groups in total. The highest BCUT2D eigenvalue weighted by Gasteiger charge is 2.14. The molecule has 0 unspecified atom stereocenters. The SMILES string of the molecule is COc1ccc(Cl)c(NC(=O)c2cc(Br)c(Br)s2)c1. The van der Waals surface area contributed by atoms with Crippen molar-refractivity contribution in [1.82, 2.24) is 0 Å². The summed E-state index contributed by atoms with van der Waals surface area (Å²) < 4.78 is 6.81. The minimum absolute atomic E-state index is 0.216. The van der Waals surface area contributed by atoms with Crippen LogP contribution in [0.1, 0.15) is 9.67 Å². The highest BCUT2D eigenvalue weighted by atomic mass is 79.9. The van der Waals surface area contributed by atoms with E-state index in [0.717, 1.165) is 8.26 Å². The van der Waals surface area contributed by atoms with Crippen molar-refractivity contribution in [3.8, 4) is 5.75 Å². The normalized spacial score (nSPS) is 10.3. The number of carbonyl (C=O) groups is 1. The summed E-state index contributed by atoms with van der Waals surface area (Å²) in [5.74, 6) is 0.416. The molecule has 0 aliphatic carbocycles. The smallest absolute Gasteiger partial charge is 0.265 e. The van der Waals surface area contributed by atoms with Crippen LogP contribution < -0.4 is 10.1 Å². The van der Waals surface area contributed by atoms with Gasteiger partial charge in [-0.05, 0) is 50.1 Å². The molecule has 0 aliphatic heterocycles. The Morgan fingerprint density at radius 1 is 1.37 bits per heavy atom. The number of benzene rings is 1. The van der Waals surface area contributed by atoms with Crippen LogP contribution in [0.2, 0.25) is 5.02 Å². The molecule has 2 aromatic rings. The van der Waals surface area contributed by atoms with Crippen LogP contribution in [0.3, 0.4) is 0 Å². The zero-order valence-electron chi connectivity index (χ0n) is 9.67. The molecule has 0 fully saturated rings. The van der Waals surface area contributed by atoms with E-state index in [9.17, 15) is 4.79 Å². The number of methoxy groups -OCH3 is 1. The van der Waals surface area contributed by atoms with Crippen molar-refractivity contribution in [1.29, 1.82) is 0 Å². The van der Waals surface area contributed by atoms with Crippen LogP contribution in [0.25, 0.3) is 0 Å². The first kappa shape index (κ1) is 14.8. The van der Waals surface area contributed by atoms with Crippen LogP contribution in [-0.4, -0.2) is 13.0 Å². The Morgan fingerprint density at radius 2 is 2.11 bits per heavy atom. The highest BCUT2D eigenvalue weighted by molar-refractivity contribution is 9.13. The summed E-state index contributed by atoms with van der Waals surface area (Å²) in [6.07, 6.45) is 0. The van der Waals surface area contributed by atoms with E-state index in [2.05, 4.69) is 37.2 Å². The van der Waals surface area contributed by atoms with Crippen LogP contribution >= 0.6 is 54.8 Å². The van der Waals surface area contributed by atoms with E-state index >= 15 is 0 Å². The lowest BCUT2D eigenvalue weighted by atomic mass is 10.3. The molecule has 0 spiro atoms. The number of rotatable bonds is 3. The van der Waals surface area contributed by atoms with Gasteiger partial charge in [-0.25, -0.2) is 0 Å². The number of halogens is 3. The zero-order valence-corrected chi connectivity index (χ0v) is 14.4. The summed E-state index contributed by atoms with van der Waals surface area (Å²) in [6.45, 7) is 0. The van der Waals surface area contributed by atoms with Gasteiger partial charge in [0.05, 0.1) is 26.5 Å². The standard InChI is InChI=1S/C12H8Br2ClNO2S/c1-18-6-2-3-8(15)9(4-6)16-12(17)10-5-7(13)11(14)19-10/h2-5H,1H3,(H,16,17). The molecule has 2 rings (SSSR count). The topological polar surface area (TPSA) is 38.3 Å². The van der Waals surface area contributed by atoms with Crippen LogP contribution in [0, 0.1) is 0 Å². The minimum Gasteiger partial charge on any atom is -0.497 e. The summed E-state index contributed by atoms with van der Waals surface area (Å²) in [5.41, 5.74) is 0.520. The maximum atomic E-state index is 12.1. The molecule has 1 aromatic heterocycles. The van der Waals surface area contributed by atoms with Crippen molar-refractivity contribution < 1.29 is 9.53 Å². The zero-order chi connectivity index (χ0) is 14.0. The number of anilines is 1. The van der Waals surface area contributed by atoms with Gasteiger partial charge in [-0.15, -0.1) is 11.3 Å². The Bertz CT molecular complexity index is 611. The third-order valence-corrected chi connectivity index (χ3v) is 5.88. The molecule has 0 radical (unpaired) electrons. The number of nitrogens with one attached hydrogen (secondary N) is 1. The van der Waals surface area contributed by atoms with E-state index in [-0.39, 0.29) is 5.91 Å². The largest absolute Gasteiger partial charge is 0.497 e. The van der Waals surface area contributed by atoms with Gasteiger partial charge in [0, 0.05) is 10.5 Å². The Balaban J connectivity index is 2.23. The number of thiophene rings is 1. The second kappa shape index (κ2) is 6.26. The van der Waals surface area contributed by atoms with Gasteiger partial charge in [0.2, 0.25) is 0 Å². The fraction of sp³-hybridized carbons (Fsp3) is 0.0833. The lowest BCUT2D eigenvalue weighted by Crippen LogP contribution is -2.10. The molecular formula is C12H8Br2ClNO2S.